The number of anilines is 1. The predicted molar refractivity (Wildman–Crippen MR) is 130 cm³/mol. The summed E-state index contributed by atoms with van der Waals surface area (Å²) in [6.45, 7) is 9.02. The Labute approximate surface area is 193 Å². The van der Waals surface area contributed by atoms with Crippen molar-refractivity contribution in [2.75, 3.05) is 31.1 Å². The first-order valence-corrected chi connectivity index (χ1v) is 11.5. The molecule has 1 saturated heterocycles. The van der Waals surface area contributed by atoms with E-state index in [-0.39, 0.29) is 0 Å². The Bertz CT molecular complexity index is 1320. The number of para-hydroxylation sites is 2. The van der Waals surface area contributed by atoms with Gasteiger partial charge in [0.2, 0.25) is 0 Å². The molecule has 0 amide bonds. The van der Waals surface area contributed by atoms with Gasteiger partial charge < -0.3 is 4.90 Å². The summed E-state index contributed by atoms with van der Waals surface area (Å²) < 4.78 is 2.22. The number of fused-ring (bicyclic) bond motifs is 3. The Morgan fingerprint density at radius 1 is 1.03 bits per heavy atom. The fraction of sp³-hybridized carbons (Fsp3) is 0.308. The molecule has 0 spiro atoms. The standard InChI is InChI=1S/C26H26ClN5/c1-3-21-18(2)22(16-28)25-29-23-6-4-5-7-24(23)32(25)26(21)31-14-12-30(13-15-31)17-19-8-10-20(27)11-9-19/h4-11H,3,12-15,17H2,1-2H3. The number of nitriles is 1. The van der Waals surface area contributed by atoms with E-state index < -0.39 is 0 Å². The molecule has 162 valence electrons. The van der Waals surface area contributed by atoms with E-state index in [0.29, 0.717) is 5.56 Å². The third-order valence-corrected chi connectivity index (χ3v) is 6.80. The van der Waals surface area contributed by atoms with Crippen LogP contribution in [0.1, 0.15) is 29.2 Å². The summed E-state index contributed by atoms with van der Waals surface area (Å²) in [6.07, 6.45) is 0.878. The molecule has 1 aliphatic heterocycles. The molecule has 5 rings (SSSR count). The monoisotopic (exact) mass is 443 g/mol. The maximum Gasteiger partial charge on any atom is 0.157 e. The van der Waals surface area contributed by atoms with Gasteiger partial charge in [-0.15, -0.1) is 0 Å². The molecule has 6 heteroatoms. The van der Waals surface area contributed by atoms with E-state index in [1.807, 2.05) is 30.3 Å². The molecule has 2 aromatic heterocycles. The van der Waals surface area contributed by atoms with E-state index in [4.69, 9.17) is 16.6 Å². The van der Waals surface area contributed by atoms with Gasteiger partial charge in [0.1, 0.15) is 11.9 Å². The highest BCUT2D eigenvalue weighted by atomic mass is 35.5. The van der Waals surface area contributed by atoms with Gasteiger partial charge in [0.15, 0.2) is 5.65 Å². The van der Waals surface area contributed by atoms with Gasteiger partial charge in [0, 0.05) is 37.7 Å². The van der Waals surface area contributed by atoms with Gasteiger partial charge >= 0.3 is 0 Å². The number of aromatic nitrogens is 2. The molecule has 1 aliphatic rings. The first-order valence-electron chi connectivity index (χ1n) is 11.1. The molecule has 2 aromatic carbocycles. The Morgan fingerprint density at radius 2 is 1.75 bits per heavy atom. The number of nitrogens with zero attached hydrogens (tertiary/aromatic N) is 5. The number of pyridine rings is 1. The zero-order valence-corrected chi connectivity index (χ0v) is 19.2. The van der Waals surface area contributed by atoms with Crippen LogP contribution in [0.5, 0.6) is 0 Å². The smallest absolute Gasteiger partial charge is 0.157 e. The van der Waals surface area contributed by atoms with Crippen molar-refractivity contribution in [2.45, 2.75) is 26.8 Å². The van der Waals surface area contributed by atoms with Crippen LogP contribution in [-0.2, 0) is 13.0 Å². The molecule has 0 aliphatic carbocycles. The van der Waals surface area contributed by atoms with Crippen molar-refractivity contribution in [3.05, 3.63) is 75.8 Å². The lowest BCUT2D eigenvalue weighted by atomic mass is 10.0. The molecule has 0 saturated carbocycles. The van der Waals surface area contributed by atoms with Crippen LogP contribution in [0, 0.1) is 18.3 Å². The zero-order valence-electron chi connectivity index (χ0n) is 18.5. The van der Waals surface area contributed by atoms with Gasteiger partial charge in [-0.25, -0.2) is 4.98 Å². The largest absolute Gasteiger partial charge is 0.355 e. The lowest BCUT2D eigenvalue weighted by Gasteiger charge is -2.37. The molecular weight excluding hydrogens is 418 g/mol. The highest BCUT2D eigenvalue weighted by Gasteiger charge is 2.26. The number of imidazole rings is 1. The van der Waals surface area contributed by atoms with Gasteiger partial charge in [-0.05, 0) is 54.3 Å². The molecule has 1 fully saturated rings. The van der Waals surface area contributed by atoms with Crippen LogP contribution in [0.3, 0.4) is 0 Å². The van der Waals surface area contributed by atoms with Crippen LogP contribution in [0.4, 0.5) is 5.82 Å². The summed E-state index contributed by atoms with van der Waals surface area (Å²) in [4.78, 5) is 9.82. The summed E-state index contributed by atoms with van der Waals surface area (Å²) in [6, 6.07) is 18.7. The van der Waals surface area contributed by atoms with Gasteiger partial charge in [-0.1, -0.05) is 42.8 Å². The number of hydrogen-bond acceptors (Lipinski definition) is 4. The molecule has 0 radical (unpaired) electrons. The summed E-state index contributed by atoms with van der Waals surface area (Å²) in [5.74, 6) is 1.19. The minimum atomic E-state index is 0.683. The first-order chi connectivity index (χ1) is 15.6. The lowest BCUT2D eigenvalue weighted by molar-refractivity contribution is 0.249. The Hall–Kier alpha value is -3.07. The van der Waals surface area contributed by atoms with E-state index in [1.165, 1.54) is 16.9 Å². The Balaban J connectivity index is 1.53. The van der Waals surface area contributed by atoms with E-state index in [9.17, 15) is 5.26 Å². The maximum atomic E-state index is 9.92. The average Bonchev–Trinajstić information content (AvgIpc) is 3.19. The van der Waals surface area contributed by atoms with Crippen LogP contribution < -0.4 is 4.90 Å². The fourth-order valence-corrected chi connectivity index (χ4v) is 5.01. The lowest BCUT2D eigenvalue weighted by Crippen LogP contribution is -2.47. The van der Waals surface area contributed by atoms with Crippen LogP contribution in [0.15, 0.2) is 48.5 Å². The minimum absolute atomic E-state index is 0.683. The number of rotatable bonds is 4. The Kier molecular flexibility index (Phi) is 5.50. The van der Waals surface area contributed by atoms with E-state index >= 15 is 0 Å². The van der Waals surface area contributed by atoms with Crippen LogP contribution >= 0.6 is 11.6 Å². The van der Waals surface area contributed by atoms with Crippen molar-refractivity contribution in [3.8, 4) is 6.07 Å². The third kappa shape index (κ3) is 3.50. The van der Waals surface area contributed by atoms with Crippen molar-refractivity contribution in [2.24, 2.45) is 0 Å². The SMILES string of the molecule is CCc1c(C)c(C#N)c2nc3ccccc3n2c1N1CCN(Cc2ccc(Cl)cc2)CC1. The normalized spacial score (nSPS) is 14.9. The molecule has 0 atom stereocenters. The summed E-state index contributed by atoms with van der Waals surface area (Å²) in [5, 5.41) is 10.7. The molecule has 32 heavy (non-hydrogen) atoms. The van der Waals surface area contributed by atoms with E-state index in [1.54, 1.807) is 0 Å². The molecule has 5 nitrogen and oxygen atoms in total. The summed E-state index contributed by atoms with van der Waals surface area (Å²) in [5.41, 5.74) is 7.02. The number of halogens is 1. The topological polar surface area (TPSA) is 47.6 Å². The molecule has 3 heterocycles. The maximum absolute atomic E-state index is 9.92. The molecular formula is C26H26ClN5. The fourth-order valence-electron chi connectivity index (χ4n) is 4.88. The zero-order chi connectivity index (χ0) is 22.2. The molecule has 0 N–H and O–H groups in total. The van der Waals surface area contributed by atoms with Crippen LogP contribution in [0.2, 0.25) is 5.02 Å². The van der Waals surface area contributed by atoms with Gasteiger partial charge in [-0.3, -0.25) is 9.30 Å². The van der Waals surface area contributed by atoms with Crippen LogP contribution in [-0.4, -0.2) is 40.5 Å². The quantitative estimate of drug-likeness (QED) is 0.434. The second-order valence-electron chi connectivity index (χ2n) is 8.42. The minimum Gasteiger partial charge on any atom is -0.355 e. The first kappa shape index (κ1) is 20.8. The predicted octanol–water partition coefficient (Wildman–Crippen LogP) is 5.21. The number of piperazine rings is 1. The van der Waals surface area contributed by atoms with Gasteiger partial charge in [-0.2, -0.15) is 5.26 Å². The highest BCUT2D eigenvalue weighted by Crippen LogP contribution is 2.34. The number of benzene rings is 2. The average molecular weight is 444 g/mol. The second kappa shape index (κ2) is 8.46. The van der Waals surface area contributed by atoms with Crippen molar-refractivity contribution >= 4 is 34.1 Å². The molecule has 0 bridgehead atoms. The highest BCUT2D eigenvalue weighted by molar-refractivity contribution is 6.30. The van der Waals surface area contributed by atoms with Gasteiger partial charge in [0.05, 0.1) is 16.6 Å². The van der Waals surface area contributed by atoms with Crippen molar-refractivity contribution in [3.63, 3.8) is 0 Å². The molecule has 0 unspecified atom stereocenters. The summed E-state index contributed by atoms with van der Waals surface area (Å²) >= 11 is 6.04. The van der Waals surface area contributed by atoms with E-state index in [0.717, 1.165) is 66.4 Å². The second-order valence-corrected chi connectivity index (χ2v) is 8.85. The van der Waals surface area contributed by atoms with Crippen molar-refractivity contribution in [1.29, 1.82) is 5.26 Å². The summed E-state index contributed by atoms with van der Waals surface area (Å²) in [7, 11) is 0. The third-order valence-electron chi connectivity index (χ3n) is 6.55. The van der Waals surface area contributed by atoms with Crippen molar-refractivity contribution in [1.82, 2.24) is 14.3 Å². The van der Waals surface area contributed by atoms with Gasteiger partial charge in [0.25, 0.3) is 0 Å². The van der Waals surface area contributed by atoms with Crippen molar-refractivity contribution < 1.29 is 0 Å². The molecule has 4 aromatic rings. The number of hydrogen-bond donors (Lipinski definition) is 0. The van der Waals surface area contributed by atoms with E-state index in [2.05, 4.69) is 52.3 Å². The van der Waals surface area contributed by atoms with Crippen LogP contribution in [0.25, 0.3) is 16.7 Å². The Morgan fingerprint density at radius 3 is 2.44 bits per heavy atom.